The second-order valence-corrected chi connectivity index (χ2v) is 7.32. The van der Waals surface area contributed by atoms with E-state index in [1.807, 2.05) is 0 Å². The van der Waals surface area contributed by atoms with Crippen molar-refractivity contribution in [2.45, 2.75) is 116 Å². The van der Waals surface area contributed by atoms with E-state index in [0.29, 0.717) is 6.61 Å². The zero-order valence-electron chi connectivity index (χ0n) is 16.4. The van der Waals surface area contributed by atoms with Crippen LogP contribution in [0.1, 0.15) is 110 Å². The van der Waals surface area contributed by atoms with Gasteiger partial charge in [-0.3, -0.25) is 0 Å². The molecule has 24 heavy (non-hydrogen) atoms. The van der Waals surface area contributed by atoms with Crippen molar-refractivity contribution in [3.63, 3.8) is 0 Å². The van der Waals surface area contributed by atoms with Crippen molar-refractivity contribution in [2.24, 2.45) is 5.73 Å². The van der Waals surface area contributed by atoms with E-state index in [0.717, 1.165) is 13.0 Å². The topological polar surface area (TPSA) is 55.5 Å². The van der Waals surface area contributed by atoms with Gasteiger partial charge in [-0.05, 0) is 6.42 Å². The first-order valence-corrected chi connectivity index (χ1v) is 10.8. The number of ether oxygens (including phenoxy) is 1. The Labute approximate surface area is 151 Å². The molecule has 0 rings (SSSR count). The molecule has 146 valence electrons. The molecule has 1 unspecified atom stereocenters. The Bertz CT molecular complexity index is 224. The van der Waals surface area contributed by atoms with Crippen LogP contribution >= 0.6 is 0 Å². The zero-order valence-corrected chi connectivity index (χ0v) is 16.4. The Kier molecular flexibility index (Phi) is 20.8. The molecule has 0 aliphatic rings. The number of nitrogens with two attached hydrogens (primary N) is 1. The number of unbranched alkanes of at least 4 members (excludes halogenated alkanes) is 15. The molecule has 0 aromatic heterocycles. The van der Waals surface area contributed by atoms with Gasteiger partial charge in [-0.1, -0.05) is 103 Å². The summed E-state index contributed by atoms with van der Waals surface area (Å²) in [5, 5.41) is 8.77. The van der Waals surface area contributed by atoms with Crippen LogP contribution in [-0.4, -0.2) is 31.0 Å². The van der Waals surface area contributed by atoms with Crippen LogP contribution in [0.3, 0.4) is 0 Å². The molecule has 3 nitrogen and oxygen atoms in total. The quantitative estimate of drug-likeness (QED) is 0.284. The molecule has 0 aromatic carbocycles. The van der Waals surface area contributed by atoms with Crippen LogP contribution in [0.4, 0.5) is 0 Å². The van der Waals surface area contributed by atoms with E-state index in [1.54, 1.807) is 0 Å². The molecule has 0 fully saturated rings. The largest absolute Gasteiger partial charge is 0.395 e. The monoisotopic (exact) mass is 343 g/mol. The number of aliphatic hydroxyl groups excluding tert-OH is 1. The highest BCUT2D eigenvalue weighted by atomic mass is 16.5. The lowest BCUT2D eigenvalue weighted by Crippen LogP contribution is -2.30. The average molecular weight is 344 g/mol. The van der Waals surface area contributed by atoms with Crippen molar-refractivity contribution in [1.29, 1.82) is 0 Å². The number of hydrogen-bond donors (Lipinski definition) is 2. The van der Waals surface area contributed by atoms with Gasteiger partial charge in [0, 0.05) is 6.61 Å². The maximum absolute atomic E-state index is 8.77. The van der Waals surface area contributed by atoms with Crippen LogP contribution in [0.25, 0.3) is 0 Å². The van der Waals surface area contributed by atoms with Crippen LogP contribution in [0, 0.1) is 0 Å². The van der Waals surface area contributed by atoms with Gasteiger partial charge in [0.15, 0.2) is 0 Å². The summed E-state index contributed by atoms with van der Waals surface area (Å²) in [4.78, 5) is 0. The van der Waals surface area contributed by atoms with Gasteiger partial charge in [-0.25, -0.2) is 0 Å². The van der Waals surface area contributed by atoms with E-state index in [-0.39, 0.29) is 12.6 Å². The van der Waals surface area contributed by atoms with E-state index in [2.05, 4.69) is 6.92 Å². The summed E-state index contributed by atoms with van der Waals surface area (Å²) in [5.74, 6) is 0. The molecule has 0 spiro atoms. The van der Waals surface area contributed by atoms with Gasteiger partial charge in [0.05, 0.1) is 19.3 Å². The molecular weight excluding hydrogens is 298 g/mol. The van der Waals surface area contributed by atoms with Gasteiger partial charge in [0.25, 0.3) is 0 Å². The lowest BCUT2D eigenvalue weighted by Gasteiger charge is -2.08. The van der Waals surface area contributed by atoms with Crippen molar-refractivity contribution >= 4 is 0 Å². The van der Waals surface area contributed by atoms with E-state index >= 15 is 0 Å². The van der Waals surface area contributed by atoms with E-state index in [4.69, 9.17) is 15.6 Å². The predicted molar refractivity (Wildman–Crippen MR) is 105 cm³/mol. The minimum Gasteiger partial charge on any atom is -0.395 e. The number of hydrogen-bond acceptors (Lipinski definition) is 3. The third-order valence-electron chi connectivity index (χ3n) is 4.71. The van der Waals surface area contributed by atoms with E-state index < -0.39 is 0 Å². The van der Waals surface area contributed by atoms with Gasteiger partial charge in [0.2, 0.25) is 0 Å². The standard InChI is InChI=1S/C21H45NO2/c1-2-3-4-5-6-7-8-9-10-11-12-13-14-15-16-17-18-24-20-21(22)19-23/h21,23H,2-20,22H2,1H3. The molecule has 3 N–H and O–H groups in total. The summed E-state index contributed by atoms with van der Waals surface area (Å²) >= 11 is 0. The Morgan fingerprint density at radius 1 is 0.667 bits per heavy atom. The summed E-state index contributed by atoms with van der Waals surface area (Å²) in [6.45, 7) is 3.56. The summed E-state index contributed by atoms with van der Waals surface area (Å²) in [6.07, 6.45) is 22.2. The molecule has 3 heteroatoms. The first-order valence-electron chi connectivity index (χ1n) is 10.8. The summed E-state index contributed by atoms with van der Waals surface area (Å²) in [7, 11) is 0. The third-order valence-corrected chi connectivity index (χ3v) is 4.71. The van der Waals surface area contributed by atoms with Gasteiger partial charge in [-0.15, -0.1) is 0 Å². The van der Waals surface area contributed by atoms with Crippen molar-refractivity contribution in [3.05, 3.63) is 0 Å². The van der Waals surface area contributed by atoms with E-state index in [1.165, 1.54) is 96.3 Å². The number of aliphatic hydroxyl groups is 1. The Morgan fingerprint density at radius 2 is 1.04 bits per heavy atom. The van der Waals surface area contributed by atoms with Crippen molar-refractivity contribution in [2.75, 3.05) is 19.8 Å². The summed E-state index contributed by atoms with van der Waals surface area (Å²) in [6, 6.07) is -0.217. The van der Waals surface area contributed by atoms with Crippen LogP contribution < -0.4 is 5.73 Å². The third kappa shape index (κ3) is 19.9. The normalized spacial score (nSPS) is 12.6. The fourth-order valence-electron chi connectivity index (χ4n) is 3.04. The molecule has 1 atom stereocenters. The average Bonchev–Trinajstić information content (AvgIpc) is 2.60. The molecule has 0 radical (unpaired) electrons. The highest BCUT2D eigenvalue weighted by molar-refractivity contribution is 4.55. The SMILES string of the molecule is CCCCCCCCCCCCCCCCCCOCC(N)CO. The van der Waals surface area contributed by atoms with Crippen molar-refractivity contribution in [3.8, 4) is 0 Å². The molecule has 0 bridgehead atoms. The molecule has 0 amide bonds. The highest BCUT2D eigenvalue weighted by Crippen LogP contribution is 2.13. The molecule has 0 aromatic rings. The highest BCUT2D eigenvalue weighted by Gasteiger charge is 1.99. The first kappa shape index (κ1) is 23.9. The predicted octanol–water partition coefficient (Wildman–Crippen LogP) is 5.58. The minimum absolute atomic E-state index is 0.0129. The molecule has 0 saturated heterocycles. The van der Waals surface area contributed by atoms with Crippen LogP contribution in [0.15, 0.2) is 0 Å². The summed E-state index contributed by atoms with van der Waals surface area (Å²) in [5.41, 5.74) is 5.57. The van der Waals surface area contributed by atoms with Crippen molar-refractivity contribution in [1.82, 2.24) is 0 Å². The van der Waals surface area contributed by atoms with Crippen LogP contribution in [-0.2, 0) is 4.74 Å². The van der Waals surface area contributed by atoms with Gasteiger partial charge in [0.1, 0.15) is 0 Å². The molecule has 0 aliphatic heterocycles. The molecule has 0 aliphatic carbocycles. The summed E-state index contributed by atoms with van der Waals surface area (Å²) < 4.78 is 5.42. The fraction of sp³-hybridized carbons (Fsp3) is 1.00. The molecule has 0 saturated carbocycles. The molecular formula is C21H45NO2. The zero-order chi connectivity index (χ0) is 17.7. The number of rotatable bonds is 20. The van der Waals surface area contributed by atoms with Crippen molar-refractivity contribution < 1.29 is 9.84 Å². The van der Waals surface area contributed by atoms with Gasteiger partial charge < -0.3 is 15.6 Å². The fourth-order valence-corrected chi connectivity index (χ4v) is 3.04. The first-order chi connectivity index (χ1) is 11.8. The lowest BCUT2D eigenvalue weighted by atomic mass is 10.0. The Hall–Kier alpha value is -0.120. The van der Waals surface area contributed by atoms with Crippen LogP contribution in [0.2, 0.25) is 0 Å². The Balaban J connectivity index is 2.98. The molecule has 0 heterocycles. The Morgan fingerprint density at radius 3 is 1.42 bits per heavy atom. The maximum atomic E-state index is 8.77. The maximum Gasteiger partial charge on any atom is 0.0639 e. The second kappa shape index (κ2) is 20.9. The van der Waals surface area contributed by atoms with Crippen LogP contribution in [0.5, 0.6) is 0 Å². The van der Waals surface area contributed by atoms with Gasteiger partial charge >= 0.3 is 0 Å². The lowest BCUT2D eigenvalue weighted by molar-refractivity contribution is 0.0980. The second-order valence-electron chi connectivity index (χ2n) is 7.32. The van der Waals surface area contributed by atoms with E-state index in [9.17, 15) is 0 Å². The smallest absolute Gasteiger partial charge is 0.0639 e. The van der Waals surface area contributed by atoms with Gasteiger partial charge in [-0.2, -0.15) is 0 Å². The minimum atomic E-state index is -0.217.